The molecule has 0 saturated carbocycles. The van der Waals surface area contributed by atoms with Gasteiger partial charge in [0.05, 0.1) is 12.6 Å². The minimum Gasteiger partial charge on any atom is -0.491 e. The molecule has 2 aliphatic rings. The van der Waals surface area contributed by atoms with Crippen molar-refractivity contribution in [2.45, 2.75) is 31.1 Å². The predicted molar refractivity (Wildman–Crippen MR) is 129 cm³/mol. The number of ether oxygens (including phenoxy) is 2. The van der Waals surface area contributed by atoms with Gasteiger partial charge in [-0.15, -0.1) is 0 Å². The Bertz CT molecular complexity index is 1060. The molecule has 174 valence electrons. The van der Waals surface area contributed by atoms with Crippen molar-refractivity contribution >= 4 is 28.9 Å². The van der Waals surface area contributed by atoms with Gasteiger partial charge in [0.2, 0.25) is 0 Å². The van der Waals surface area contributed by atoms with Crippen LogP contribution in [0.2, 0.25) is 10.0 Å². The minimum atomic E-state index is -0.616. The molecular weight excluding hydrogens is 461 g/mol. The quantitative estimate of drug-likeness (QED) is 0.539. The third-order valence-electron chi connectivity index (χ3n) is 6.32. The highest BCUT2D eigenvalue weighted by Crippen LogP contribution is 2.44. The molecule has 2 aromatic carbocycles. The molecule has 0 amide bonds. The van der Waals surface area contributed by atoms with E-state index in [9.17, 15) is 0 Å². The molecule has 33 heavy (non-hydrogen) atoms. The molecule has 2 fully saturated rings. The number of nitrogens with zero attached hydrogens (tertiary/aromatic N) is 4. The molecule has 0 radical (unpaired) electrons. The van der Waals surface area contributed by atoms with Crippen molar-refractivity contribution in [1.29, 1.82) is 0 Å². The first-order chi connectivity index (χ1) is 16.1. The summed E-state index contributed by atoms with van der Waals surface area (Å²) in [7, 11) is 0. The average Bonchev–Trinajstić information content (AvgIpc) is 3.49. The fourth-order valence-corrected chi connectivity index (χ4v) is 5.23. The van der Waals surface area contributed by atoms with Crippen molar-refractivity contribution in [2.75, 3.05) is 37.7 Å². The van der Waals surface area contributed by atoms with Crippen molar-refractivity contribution < 1.29 is 9.47 Å². The summed E-state index contributed by atoms with van der Waals surface area (Å²) in [6, 6.07) is 13.9. The molecule has 0 spiro atoms. The third-order valence-corrected chi connectivity index (χ3v) is 6.87. The summed E-state index contributed by atoms with van der Waals surface area (Å²) in [5.41, 5.74) is 1.52. The zero-order valence-electron chi connectivity index (χ0n) is 18.3. The number of benzene rings is 2. The molecule has 9 heteroatoms. The van der Waals surface area contributed by atoms with E-state index in [1.807, 2.05) is 24.3 Å². The molecule has 2 atom stereocenters. The van der Waals surface area contributed by atoms with E-state index in [1.165, 1.54) is 12.0 Å². The van der Waals surface area contributed by atoms with Crippen LogP contribution in [0.3, 0.4) is 0 Å². The van der Waals surface area contributed by atoms with Gasteiger partial charge >= 0.3 is 0 Å². The van der Waals surface area contributed by atoms with Crippen molar-refractivity contribution in [2.24, 2.45) is 0 Å². The molecule has 0 aliphatic carbocycles. The lowest BCUT2D eigenvalue weighted by molar-refractivity contribution is -0.0715. The summed E-state index contributed by atoms with van der Waals surface area (Å²) < 4.78 is 14.5. The monoisotopic (exact) mass is 487 g/mol. The van der Waals surface area contributed by atoms with Crippen molar-refractivity contribution in [1.82, 2.24) is 20.1 Å². The number of hydrogen-bond donors (Lipinski definition) is 1. The Morgan fingerprint density at radius 1 is 1.12 bits per heavy atom. The van der Waals surface area contributed by atoms with Crippen LogP contribution in [0.15, 0.2) is 55.1 Å². The lowest BCUT2D eigenvalue weighted by atomic mass is 9.90. The van der Waals surface area contributed by atoms with Gasteiger partial charge in [-0.3, -0.25) is 0 Å². The van der Waals surface area contributed by atoms with E-state index in [0.29, 0.717) is 23.2 Å². The smallest absolute Gasteiger partial charge is 0.137 e. The Balaban J connectivity index is 1.26. The van der Waals surface area contributed by atoms with E-state index in [4.69, 9.17) is 32.7 Å². The molecule has 7 nitrogen and oxygen atoms in total. The highest BCUT2D eigenvalue weighted by Gasteiger charge is 2.44. The number of rotatable bonds is 7. The molecule has 1 aromatic heterocycles. The summed E-state index contributed by atoms with van der Waals surface area (Å²) in [5, 5.41) is 8.85. The number of piperazine rings is 1. The molecule has 0 bridgehead atoms. The Hall–Kier alpha value is -2.32. The number of hydrogen-bond acceptors (Lipinski definition) is 6. The van der Waals surface area contributed by atoms with E-state index >= 15 is 0 Å². The first kappa shape index (κ1) is 22.5. The van der Waals surface area contributed by atoms with Crippen molar-refractivity contribution in [3.8, 4) is 5.75 Å². The Morgan fingerprint density at radius 3 is 2.67 bits per heavy atom. The fraction of sp³-hybridized carbons (Fsp3) is 0.417. The second-order valence-electron chi connectivity index (χ2n) is 8.53. The Kier molecular flexibility index (Phi) is 6.74. The average molecular weight is 488 g/mol. The molecule has 3 heterocycles. The lowest BCUT2D eigenvalue weighted by Crippen LogP contribution is -2.43. The van der Waals surface area contributed by atoms with Crippen molar-refractivity contribution in [3.63, 3.8) is 0 Å². The second kappa shape index (κ2) is 9.89. The molecular formula is C24H27Cl2N5O2. The van der Waals surface area contributed by atoms with E-state index < -0.39 is 5.60 Å². The van der Waals surface area contributed by atoms with Crippen LogP contribution in [0.4, 0.5) is 5.69 Å². The molecule has 2 unspecified atom stereocenters. The summed E-state index contributed by atoms with van der Waals surface area (Å²) in [5.74, 6) is 0.843. The highest BCUT2D eigenvalue weighted by molar-refractivity contribution is 6.35. The molecule has 2 aliphatic heterocycles. The normalized spacial score (nSPS) is 23.1. The van der Waals surface area contributed by atoms with Gasteiger partial charge in [0.15, 0.2) is 0 Å². The van der Waals surface area contributed by atoms with Crippen molar-refractivity contribution in [3.05, 3.63) is 70.7 Å². The maximum atomic E-state index is 6.61. The number of anilines is 1. The number of halogens is 2. The summed E-state index contributed by atoms with van der Waals surface area (Å²) in [6.45, 7) is 5.08. The fourth-order valence-electron chi connectivity index (χ4n) is 4.65. The zero-order valence-corrected chi connectivity index (χ0v) is 19.8. The molecule has 2 saturated heterocycles. The van der Waals surface area contributed by atoms with Gasteiger partial charge in [0, 0.05) is 47.5 Å². The zero-order chi connectivity index (χ0) is 22.7. The minimum absolute atomic E-state index is 0.0619. The number of aromatic nitrogens is 3. The standard InChI is InChI=1S/C24H27Cl2N5O2/c25-18-1-6-22(23(26)13-18)24(15-31-17-28-16-29-31)8-7-21(33-24)14-32-20-4-2-19(3-5-20)30-11-9-27-10-12-30/h1-6,13,16-17,21,27H,7-12,14-15H2. The highest BCUT2D eigenvalue weighted by atomic mass is 35.5. The van der Waals surface area contributed by atoms with E-state index in [1.54, 1.807) is 17.1 Å². The predicted octanol–water partition coefficient (Wildman–Crippen LogP) is 4.15. The van der Waals surface area contributed by atoms with Crippen LogP contribution in [-0.4, -0.2) is 53.7 Å². The molecule has 5 rings (SSSR count). The topological polar surface area (TPSA) is 64.4 Å². The molecule has 1 N–H and O–H groups in total. The van der Waals surface area contributed by atoms with Gasteiger partial charge in [-0.25, -0.2) is 9.67 Å². The van der Waals surface area contributed by atoms with Crippen LogP contribution >= 0.6 is 23.2 Å². The summed E-state index contributed by atoms with van der Waals surface area (Å²) >= 11 is 12.7. The van der Waals surface area contributed by atoms with E-state index in [0.717, 1.165) is 50.3 Å². The van der Waals surface area contributed by atoms with Crippen LogP contribution in [0.25, 0.3) is 0 Å². The Labute approximate surface area is 203 Å². The van der Waals surface area contributed by atoms with Crippen LogP contribution in [-0.2, 0) is 16.9 Å². The van der Waals surface area contributed by atoms with Gasteiger partial charge in [-0.2, -0.15) is 5.10 Å². The SMILES string of the molecule is Clc1ccc(C2(Cn3cncn3)CCC(COc3ccc(N4CCNCC4)cc3)O2)c(Cl)c1. The summed E-state index contributed by atoms with van der Waals surface area (Å²) in [4.78, 5) is 6.46. The van der Waals surface area contributed by atoms with E-state index in [2.05, 4.69) is 32.4 Å². The first-order valence-electron chi connectivity index (χ1n) is 11.3. The van der Waals surface area contributed by atoms with Gasteiger partial charge in [0.25, 0.3) is 0 Å². The maximum absolute atomic E-state index is 6.61. The van der Waals surface area contributed by atoms with Gasteiger partial charge in [0.1, 0.15) is 30.6 Å². The lowest BCUT2D eigenvalue weighted by Gasteiger charge is -2.31. The third kappa shape index (κ3) is 5.11. The van der Waals surface area contributed by atoms with Crippen LogP contribution in [0.1, 0.15) is 18.4 Å². The van der Waals surface area contributed by atoms with Gasteiger partial charge in [-0.05, 0) is 49.2 Å². The Morgan fingerprint density at radius 2 is 1.94 bits per heavy atom. The van der Waals surface area contributed by atoms with Crippen LogP contribution in [0, 0.1) is 0 Å². The van der Waals surface area contributed by atoms with Gasteiger partial charge < -0.3 is 19.7 Å². The summed E-state index contributed by atoms with van der Waals surface area (Å²) in [6.07, 6.45) is 4.81. The first-order valence-corrected chi connectivity index (χ1v) is 12.0. The van der Waals surface area contributed by atoms with Crippen LogP contribution < -0.4 is 15.0 Å². The molecule has 3 aromatic rings. The van der Waals surface area contributed by atoms with Gasteiger partial charge in [-0.1, -0.05) is 29.3 Å². The maximum Gasteiger partial charge on any atom is 0.137 e. The van der Waals surface area contributed by atoms with E-state index in [-0.39, 0.29) is 6.10 Å². The largest absolute Gasteiger partial charge is 0.491 e. The second-order valence-corrected chi connectivity index (χ2v) is 9.38. The number of nitrogens with one attached hydrogen (secondary N) is 1. The van der Waals surface area contributed by atoms with Crippen LogP contribution in [0.5, 0.6) is 5.75 Å².